The first-order chi connectivity index (χ1) is 25.7. The summed E-state index contributed by atoms with van der Waals surface area (Å²) >= 11 is 0. The summed E-state index contributed by atoms with van der Waals surface area (Å²) < 4.78 is 12.6. The van der Waals surface area contributed by atoms with Crippen LogP contribution in [0.15, 0.2) is 109 Å². The Morgan fingerprint density at radius 1 is 0.547 bits per heavy atom. The van der Waals surface area contributed by atoms with Crippen molar-refractivity contribution >= 4 is 5.91 Å². The summed E-state index contributed by atoms with van der Waals surface area (Å²) in [6, 6.07) is 38.1. The van der Waals surface area contributed by atoms with E-state index in [1.807, 2.05) is 12.1 Å². The van der Waals surface area contributed by atoms with E-state index in [-0.39, 0.29) is 0 Å². The molecule has 12 rings (SSSR count). The Morgan fingerprint density at radius 3 is 1.32 bits per heavy atom. The summed E-state index contributed by atoms with van der Waals surface area (Å²) in [4.78, 5) is 11.3. The van der Waals surface area contributed by atoms with Crippen molar-refractivity contribution in [3.05, 3.63) is 131 Å². The Bertz CT molecular complexity index is 1860. The van der Waals surface area contributed by atoms with Crippen LogP contribution in [0.2, 0.25) is 0 Å². The number of ether oxygens (including phenoxy) is 2. The van der Waals surface area contributed by atoms with Crippen molar-refractivity contribution in [1.82, 2.24) is 0 Å². The molecule has 4 aromatic rings. The van der Waals surface area contributed by atoms with E-state index in [4.69, 9.17) is 20.9 Å². The monoisotopic (exact) mass is 708 g/mol. The van der Waals surface area contributed by atoms with Crippen molar-refractivity contribution in [2.75, 3.05) is 13.2 Å². The number of carbonyl (C=O) groups excluding carboxylic acids is 1. The molecule has 276 valence electrons. The Labute approximate surface area is 315 Å². The van der Waals surface area contributed by atoms with Crippen LogP contribution >= 0.6 is 0 Å². The van der Waals surface area contributed by atoms with Gasteiger partial charge in [-0.3, -0.25) is 4.79 Å². The standard InChI is InChI=1S/C24H27NO2.C24H29NO/c25-22(26)19-6-8-21(9-7-19)27-16-23-11-17-10-18(12-23)14-24(13-17,15-23)20-4-2-1-3-5-20;25-15-18-6-8-22(9-7-18)26-17-23-11-19-10-20(12-23)14-24(13-19,16-23)21-4-2-1-3-5-21/h1-9,17-18H,10-16H2,(H2,25,26);1-9,19-20H,10-17,25H2. The van der Waals surface area contributed by atoms with E-state index in [9.17, 15) is 4.79 Å². The second-order valence-corrected chi connectivity index (χ2v) is 18.5. The highest BCUT2D eigenvalue weighted by atomic mass is 16.5. The quantitative estimate of drug-likeness (QED) is 0.172. The van der Waals surface area contributed by atoms with Crippen LogP contribution in [0.4, 0.5) is 0 Å². The molecule has 8 bridgehead atoms. The van der Waals surface area contributed by atoms with E-state index < -0.39 is 5.91 Å². The molecule has 0 aliphatic heterocycles. The first-order valence-electron chi connectivity index (χ1n) is 20.3. The van der Waals surface area contributed by atoms with Crippen LogP contribution in [0.3, 0.4) is 0 Å². The van der Waals surface area contributed by atoms with Gasteiger partial charge in [0.25, 0.3) is 0 Å². The van der Waals surface area contributed by atoms with Gasteiger partial charge >= 0.3 is 0 Å². The molecule has 4 atom stereocenters. The first kappa shape index (κ1) is 34.7. The van der Waals surface area contributed by atoms with E-state index in [1.165, 1.54) is 82.6 Å². The normalized spacial score (nSPS) is 34.3. The molecule has 4 N–H and O–H groups in total. The number of nitrogens with two attached hydrogens (primary N) is 2. The Kier molecular flexibility index (Phi) is 8.92. The molecular weight excluding hydrogens is 653 g/mol. The fourth-order valence-electron chi connectivity index (χ4n) is 13.4. The van der Waals surface area contributed by atoms with Crippen LogP contribution in [-0.2, 0) is 17.4 Å². The van der Waals surface area contributed by atoms with E-state index in [0.717, 1.165) is 53.9 Å². The van der Waals surface area contributed by atoms with Crippen LogP contribution in [0.25, 0.3) is 0 Å². The molecule has 8 saturated carbocycles. The van der Waals surface area contributed by atoms with Crippen LogP contribution < -0.4 is 20.9 Å². The molecule has 0 heterocycles. The summed E-state index contributed by atoms with van der Waals surface area (Å²) in [5, 5.41) is 0. The van der Waals surface area contributed by atoms with Gasteiger partial charge < -0.3 is 20.9 Å². The fraction of sp³-hybridized carbons (Fsp3) is 0.479. The van der Waals surface area contributed by atoms with Crippen molar-refractivity contribution in [2.45, 2.75) is 94.4 Å². The van der Waals surface area contributed by atoms with Crippen molar-refractivity contribution in [1.29, 1.82) is 0 Å². The minimum Gasteiger partial charge on any atom is -0.493 e. The highest BCUT2D eigenvalue weighted by molar-refractivity contribution is 5.92. The number of hydrogen-bond donors (Lipinski definition) is 2. The van der Waals surface area contributed by atoms with E-state index >= 15 is 0 Å². The van der Waals surface area contributed by atoms with Gasteiger partial charge in [0.05, 0.1) is 13.2 Å². The summed E-state index contributed by atoms with van der Waals surface area (Å²) in [6.45, 7) is 2.24. The molecule has 4 unspecified atom stereocenters. The second kappa shape index (κ2) is 13.6. The summed E-state index contributed by atoms with van der Waals surface area (Å²) in [6.07, 6.45) is 16.2. The van der Waals surface area contributed by atoms with Crippen LogP contribution in [0.5, 0.6) is 11.5 Å². The lowest BCUT2D eigenvalue weighted by molar-refractivity contribution is -0.0914. The van der Waals surface area contributed by atoms with E-state index in [0.29, 0.717) is 33.8 Å². The molecule has 8 fully saturated rings. The van der Waals surface area contributed by atoms with Crippen molar-refractivity contribution in [3.8, 4) is 11.5 Å². The molecule has 5 nitrogen and oxygen atoms in total. The molecule has 0 spiro atoms. The molecule has 5 heteroatoms. The lowest BCUT2D eigenvalue weighted by Gasteiger charge is -2.62. The van der Waals surface area contributed by atoms with Gasteiger partial charge in [-0.05, 0) is 165 Å². The maximum absolute atomic E-state index is 11.3. The zero-order valence-electron chi connectivity index (χ0n) is 31.2. The van der Waals surface area contributed by atoms with E-state index in [1.54, 1.807) is 17.7 Å². The van der Waals surface area contributed by atoms with Gasteiger partial charge in [-0.1, -0.05) is 72.8 Å². The Hall–Kier alpha value is -4.09. The molecule has 0 saturated heterocycles. The highest BCUT2D eigenvalue weighted by Gasteiger charge is 2.59. The topological polar surface area (TPSA) is 87.6 Å². The largest absolute Gasteiger partial charge is 0.493 e. The molecule has 4 aromatic carbocycles. The lowest BCUT2D eigenvalue weighted by atomic mass is 9.43. The predicted molar refractivity (Wildman–Crippen MR) is 211 cm³/mol. The lowest BCUT2D eigenvalue weighted by Crippen LogP contribution is -2.55. The highest BCUT2D eigenvalue weighted by Crippen LogP contribution is 2.67. The molecule has 0 aromatic heterocycles. The third kappa shape index (κ3) is 6.79. The van der Waals surface area contributed by atoms with Gasteiger partial charge in [0.15, 0.2) is 0 Å². The average Bonchev–Trinajstić information content (AvgIpc) is 3.17. The maximum atomic E-state index is 11.3. The van der Waals surface area contributed by atoms with Crippen molar-refractivity contribution < 1.29 is 14.3 Å². The van der Waals surface area contributed by atoms with Crippen molar-refractivity contribution in [2.24, 2.45) is 46.0 Å². The van der Waals surface area contributed by atoms with Gasteiger partial charge in [-0.2, -0.15) is 0 Å². The van der Waals surface area contributed by atoms with Gasteiger partial charge in [0.1, 0.15) is 11.5 Å². The zero-order chi connectivity index (χ0) is 36.1. The number of carbonyl (C=O) groups is 1. The Balaban J connectivity index is 0.000000141. The van der Waals surface area contributed by atoms with Gasteiger partial charge in [-0.25, -0.2) is 0 Å². The molecule has 0 radical (unpaired) electrons. The molecule has 8 aliphatic carbocycles. The third-order valence-electron chi connectivity index (χ3n) is 14.5. The Morgan fingerprint density at radius 2 is 0.943 bits per heavy atom. The third-order valence-corrected chi connectivity index (χ3v) is 14.5. The smallest absolute Gasteiger partial charge is 0.248 e. The number of primary amides is 1. The van der Waals surface area contributed by atoms with E-state index in [2.05, 4.69) is 84.9 Å². The van der Waals surface area contributed by atoms with Crippen LogP contribution in [0.1, 0.15) is 104 Å². The second-order valence-electron chi connectivity index (χ2n) is 18.5. The van der Waals surface area contributed by atoms with Crippen LogP contribution in [0, 0.1) is 34.5 Å². The average molecular weight is 709 g/mol. The maximum Gasteiger partial charge on any atom is 0.248 e. The SMILES string of the molecule is NC(=O)c1ccc(OCC23CC4CC(C2)CC(c2ccccc2)(C4)C3)cc1.NCc1ccc(OCC23CC4CC(C2)CC(c2ccccc2)(C4)C3)cc1. The van der Waals surface area contributed by atoms with Gasteiger partial charge in [-0.15, -0.1) is 0 Å². The number of rotatable bonds is 10. The number of benzene rings is 4. The molecule has 1 amide bonds. The molecule has 8 aliphatic rings. The van der Waals surface area contributed by atoms with Gasteiger partial charge in [0, 0.05) is 22.9 Å². The molecular formula is C48H56N2O3. The summed E-state index contributed by atoms with van der Waals surface area (Å²) in [7, 11) is 0. The first-order valence-corrected chi connectivity index (χ1v) is 20.3. The summed E-state index contributed by atoms with van der Waals surface area (Å²) in [5.41, 5.74) is 17.3. The number of amides is 1. The number of hydrogen-bond acceptors (Lipinski definition) is 4. The summed E-state index contributed by atoms with van der Waals surface area (Å²) in [5.74, 6) is 4.89. The van der Waals surface area contributed by atoms with Crippen molar-refractivity contribution in [3.63, 3.8) is 0 Å². The van der Waals surface area contributed by atoms with Gasteiger partial charge in [0.2, 0.25) is 5.91 Å². The zero-order valence-corrected chi connectivity index (χ0v) is 31.2. The minimum absolute atomic E-state index is 0.294. The minimum atomic E-state index is -0.396. The van der Waals surface area contributed by atoms with Crippen LogP contribution in [-0.4, -0.2) is 19.1 Å². The molecule has 53 heavy (non-hydrogen) atoms. The fourth-order valence-corrected chi connectivity index (χ4v) is 13.4. The predicted octanol–water partition coefficient (Wildman–Crippen LogP) is 9.76.